The number of carbonyl (C=O) groups is 3. The van der Waals surface area contributed by atoms with Crippen molar-refractivity contribution in [2.45, 2.75) is 31.8 Å². The van der Waals surface area contributed by atoms with Gasteiger partial charge in [-0.1, -0.05) is 0 Å². The molecule has 0 fully saturated rings. The van der Waals surface area contributed by atoms with Gasteiger partial charge in [-0.3, -0.25) is 14.4 Å². The standard InChI is InChI=1S/C10H19N3O4/c1-6(10(17)13(2)3)12-9(16)7(11)4-5-8(14)15/h6-7H,4-5,11H2,1-3H3,(H,12,16)(H,14,15). The Labute approximate surface area is 100.0 Å². The van der Waals surface area contributed by atoms with Gasteiger partial charge in [-0.2, -0.15) is 0 Å². The molecule has 0 rings (SSSR count). The van der Waals surface area contributed by atoms with E-state index in [2.05, 4.69) is 5.32 Å². The molecule has 0 spiro atoms. The average Bonchev–Trinajstić information content (AvgIpc) is 2.24. The number of nitrogens with two attached hydrogens (primary N) is 1. The minimum absolute atomic E-state index is 0.0457. The number of carbonyl (C=O) groups excluding carboxylic acids is 2. The zero-order chi connectivity index (χ0) is 13.6. The van der Waals surface area contributed by atoms with Crippen molar-refractivity contribution in [1.29, 1.82) is 0 Å². The van der Waals surface area contributed by atoms with Crippen LogP contribution in [0.15, 0.2) is 0 Å². The molecule has 0 aromatic rings. The van der Waals surface area contributed by atoms with Crippen LogP contribution in [0.5, 0.6) is 0 Å². The number of amides is 2. The summed E-state index contributed by atoms with van der Waals surface area (Å²) in [6.45, 7) is 1.55. The van der Waals surface area contributed by atoms with E-state index in [0.29, 0.717) is 0 Å². The summed E-state index contributed by atoms with van der Waals surface area (Å²) in [5.41, 5.74) is 5.49. The van der Waals surface area contributed by atoms with Gasteiger partial charge in [-0.25, -0.2) is 0 Å². The van der Waals surface area contributed by atoms with Gasteiger partial charge < -0.3 is 21.1 Å². The molecular weight excluding hydrogens is 226 g/mol. The highest BCUT2D eigenvalue weighted by molar-refractivity contribution is 5.89. The van der Waals surface area contributed by atoms with Crippen molar-refractivity contribution in [3.05, 3.63) is 0 Å². The lowest BCUT2D eigenvalue weighted by Crippen LogP contribution is -2.50. The van der Waals surface area contributed by atoms with Crippen molar-refractivity contribution in [2.75, 3.05) is 14.1 Å². The van der Waals surface area contributed by atoms with Crippen LogP contribution >= 0.6 is 0 Å². The molecule has 17 heavy (non-hydrogen) atoms. The van der Waals surface area contributed by atoms with Gasteiger partial charge in [0, 0.05) is 20.5 Å². The number of likely N-dealkylation sites (N-methyl/N-ethyl adjacent to an activating group) is 1. The summed E-state index contributed by atoms with van der Waals surface area (Å²) >= 11 is 0. The molecule has 0 aromatic carbocycles. The maximum absolute atomic E-state index is 11.5. The van der Waals surface area contributed by atoms with Crippen LogP contribution in [0.4, 0.5) is 0 Å². The van der Waals surface area contributed by atoms with Crippen molar-refractivity contribution >= 4 is 17.8 Å². The minimum Gasteiger partial charge on any atom is -0.481 e. The van der Waals surface area contributed by atoms with Crippen molar-refractivity contribution in [1.82, 2.24) is 10.2 Å². The first-order valence-electron chi connectivity index (χ1n) is 5.24. The highest BCUT2D eigenvalue weighted by Gasteiger charge is 2.21. The molecule has 0 aliphatic rings. The van der Waals surface area contributed by atoms with Crippen molar-refractivity contribution in [3.8, 4) is 0 Å². The van der Waals surface area contributed by atoms with E-state index in [9.17, 15) is 14.4 Å². The Hall–Kier alpha value is -1.63. The van der Waals surface area contributed by atoms with Crippen LogP contribution in [0.2, 0.25) is 0 Å². The monoisotopic (exact) mass is 245 g/mol. The van der Waals surface area contributed by atoms with Crippen LogP contribution in [0.25, 0.3) is 0 Å². The predicted octanol–water partition coefficient (Wildman–Crippen LogP) is -1.23. The topological polar surface area (TPSA) is 113 Å². The van der Waals surface area contributed by atoms with Crippen molar-refractivity contribution in [3.63, 3.8) is 0 Å². The first kappa shape index (κ1) is 15.4. The molecule has 0 aromatic heterocycles. The lowest BCUT2D eigenvalue weighted by molar-refractivity contribution is -0.137. The van der Waals surface area contributed by atoms with Crippen LogP contribution < -0.4 is 11.1 Å². The molecule has 7 nitrogen and oxygen atoms in total. The number of nitrogens with one attached hydrogen (secondary N) is 1. The molecule has 0 aliphatic heterocycles. The molecule has 4 N–H and O–H groups in total. The summed E-state index contributed by atoms with van der Waals surface area (Å²) < 4.78 is 0. The lowest BCUT2D eigenvalue weighted by Gasteiger charge is -2.19. The van der Waals surface area contributed by atoms with Gasteiger partial charge in [0.15, 0.2) is 0 Å². The number of aliphatic carboxylic acids is 1. The van der Waals surface area contributed by atoms with Crippen LogP contribution in [0, 0.1) is 0 Å². The van der Waals surface area contributed by atoms with Gasteiger partial charge in [0.1, 0.15) is 6.04 Å². The molecule has 2 atom stereocenters. The lowest BCUT2D eigenvalue weighted by atomic mass is 10.1. The third-order valence-electron chi connectivity index (χ3n) is 2.18. The Bertz CT molecular complexity index is 304. The number of hydrogen-bond donors (Lipinski definition) is 3. The summed E-state index contributed by atoms with van der Waals surface area (Å²) in [6.07, 6.45) is -0.130. The van der Waals surface area contributed by atoms with Crippen molar-refractivity contribution < 1.29 is 19.5 Å². The molecule has 7 heteroatoms. The molecule has 98 valence electrons. The second kappa shape index (κ2) is 6.85. The zero-order valence-electron chi connectivity index (χ0n) is 10.3. The normalized spacial score (nSPS) is 13.6. The first-order valence-corrected chi connectivity index (χ1v) is 5.24. The summed E-state index contributed by atoms with van der Waals surface area (Å²) in [4.78, 5) is 34.6. The number of carboxylic acid groups (broad SMARTS) is 1. The Kier molecular flexibility index (Phi) is 6.19. The van der Waals surface area contributed by atoms with Crippen LogP contribution in [0.1, 0.15) is 19.8 Å². The first-order chi connectivity index (χ1) is 7.75. The SMILES string of the molecule is CC(NC(=O)C(N)CCC(=O)O)C(=O)N(C)C. The van der Waals surface area contributed by atoms with E-state index in [4.69, 9.17) is 10.8 Å². The zero-order valence-corrected chi connectivity index (χ0v) is 10.3. The Morgan fingerprint density at radius 1 is 1.35 bits per heavy atom. The van der Waals surface area contributed by atoms with Gasteiger partial charge in [-0.05, 0) is 13.3 Å². The van der Waals surface area contributed by atoms with Gasteiger partial charge in [0.05, 0.1) is 6.04 Å². The van der Waals surface area contributed by atoms with Gasteiger partial charge in [0.2, 0.25) is 11.8 Å². The fourth-order valence-corrected chi connectivity index (χ4v) is 1.18. The minimum atomic E-state index is -1.01. The second-order valence-electron chi connectivity index (χ2n) is 4.00. The maximum atomic E-state index is 11.5. The molecule has 0 bridgehead atoms. The smallest absolute Gasteiger partial charge is 0.303 e. The fraction of sp³-hybridized carbons (Fsp3) is 0.700. The highest BCUT2D eigenvalue weighted by atomic mass is 16.4. The van der Waals surface area contributed by atoms with E-state index >= 15 is 0 Å². The Morgan fingerprint density at radius 2 is 1.88 bits per heavy atom. The summed E-state index contributed by atoms with van der Waals surface area (Å²) in [6, 6.07) is -1.59. The molecular formula is C10H19N3O4. The summed E-state index contributed by atoms with van der Waals surface area (Å²) in [7, 11) is 3.16. The Morgan fingerprint density at radius 3 is 2.29 bits per heavy atom. The summed E-state index contributed by atoms with van der Waals surface area (Å²) in [5, 5.41) is 10.9. The molecule has 0 aliphatic carbocycles. The largest absolute Gasteiger partial charge is 0.481 e. The number of hydrogen-bond acceptors (Lipinski definition) is 4. The molecule has 0 radical (unpaired) electrons. The van der Waals surface area contributed by atoms with Crippen LogP contribution in [0.3, 0.4) is 0 Å². The van der Waals surface area contributed by atoms with Crippen LogP contribution in [-0.2, 0) is 14.4 Å². The highest BCUT2D eigenvalue weighted by Crippen LogP contribution is 1.96. The second-order valence-corrected chi connectivity index (χ2v) is 4.00. The third-order valence-corrected chi connectivity index (χ3v) is 2.18. The van der Waals surface area contributed by atoms with E-state index in [1.807, 2.05) is 0 Å². The fourth-order valence-electron chi connectivity index (χ4n) is 1.18. The van der Waals surface area contributed by atoms with Gasteiger partial charge >= 0.3 is 5.97 Å². The quantitative estimate of drug-likeness (QED) is 0.542. The van der Waals surface area contributed by atoms with Crippen LogP contribution in [-0.4, -0.2) is 54.0 Å². The van der Waals surface area contributed by atoms with Gasteiger partial charge in [0.25, 0.3) is 0 Å². The average molecular weight is 245 g/mol. The maximum Gasteiger partial charge on any atom is 0.303 e. The van der Waals surface area contributed by atoms with E-state index in [-0.39, 0.29) is 18.7 Å². The number of carboxylic acids is 1. The molecule has 0 saturated heterocycles. The van der Waals surface area contributed by atoms with E-state index in [1.54, 1.807) is 21.0 Å². The molecule has 0 saturated carbocycles. The number of rotatable bonds is 6. The molecule has 2 amide bonds. The predicted molar refractivity (Wildman–Crippen MR) is 61.1 cm³/mol. The number of nitrogens with zero attached hydrogens (tertiary/aromatic N) is 1. The third kappa shape index (κ3) is 5.86. The van der Waals surface area contributed by atoms with E-state index in [0.717, 1.165) is 0 Å². The molecule has 0 heterocycles. The van der Waals surface area contributed by atoms with E-state index in [1.165, 1.54) is 4.90 Å². The Balaban J connectivity index is 4.16. The van der Waals surface area contributed by atoms with Gasteiger partial charge in [-0.15, -0.1) is 0 Å². The molecule has 2 unspecified atom stereocenters. The summed E-state index contributed by atoms with van der Waals surface area (Å²) in [5.74, 6) is -1.77. The van der Waals surface area contributed by atoms with E-state index < -0.39 is 24.0 Å². The van der Waals surface area contributed by atoms with Crippen molar-refractivity contribution in [2.24, 2.45) is 5.73 Å².